The van der Waals surface area contributed by atoms with Gasteiger partial charge in [0.25, 0.3) is 0 Å². The largest absolute Gasteiger partial charge is 0.319 e. The van der Waals surface area contributed by atoms with Gasteiger partial charge in [-0.3, -0.25) is 0 Å². The normalized spacial score (nSPS) is 17.1. The van der Waals surface area contributed by atoms with Crippen LogP contribution in [0.5, 0.6) is 0 Å². The molecular formula is C16H22Cl2N2O2S2. The van der Waals surface area contributed by atoms with Crippen LogP contribution in [0.4, 0.5) is 0 Å². The van der Waals surface area contributed by atoms with Crippen LogP contribution < -0.4 is 5.32 Å². The zero-order valence-corrected chi connectivity index (χ0v) is 16.9. The number of hydrogen-bond donors (Lipinski definition) is 1. The lowest BCUT2D eigenvalue weighted by atomic mass is 9.98. The van der Waals surface area contributed by atoms with E-state index >= 15 is 0 Å². The van der Waals surface area contributed by atoms with Crippen molar-refractivity contribution in [2.75, 3.05) is 26.7 Å². The second-order valence-electron chi connectivity index (χ2n) is 6.03. The van der Waals surface area contributed by atoms with Crippen molar-refractivity contribution in [1.29, 1.82) is 0 Å². The molecule has 1 aromatic heterocycles. The van der Waals surface area contributed by atoms with Crippen LogP contribution in [-0.2, 0) is 10.0 Å². The van der Waals surface area contributed by atoms with Gasteiger partial charge in [-0.05, 0) is 57.5 Å². The molecule has 1 fully saturated rings. The molecule has 0 atom stereocenters. The molecule has 3 rings (SSSR count). The summed E-state index contributed by atoms with van der Waals surface area (Å²) in [6.45, 7) is 4.00. The van der Waals surface area contributed by atoms with Crippen LogP contribution in [-0.4, -0.2) is 39.4 Å². The molecule has 1 aliphatic rings. The summed E-state index contributed by atoms with van der Waals surface area (Å²) < 4.78 is 28.9. The molecule has 0 saturated carbocycles. The minimum absolute atomic E-state index is 0. The lowest BCUT2D eigenvalue weighted by Gasteiger charge is -2.31. The number of thiophene rings is 1. The summed E-state index contributed by atoms with van der Waals surface area (Å²) in [5.41, 5.74) is 0. The Morgan fingerprint density at radius 3 is 2.62 bits per heavy atom. The zero-order chi connectivity index (χ0) is 16.6. The SMILES string of the molecule is CNCC1CCN(S(=O)(=O)c2c(C)sc3ccc(Cl)cc23)CC1.Cl. The molecular weight excluding hydrogens is 387 g/mol. The highest BCUT2D eigenvalue weighted by atomic mass is 35.5. The fraction of sp³-hybridized carbons (Fsp3) is 0.500. The fourth-order valence-electron chi connectivity index (χ4n) is 3.26. The maximum Gasteiger partial charge on any atom is 0.244 e. The second-order valence-corrected chi connectivity index (χ2v) is 9.60. The number of sulfonamides is 1. The van der Waals surface area contributed by atoms with Gasteiger partial charge in [0.05, 0.1) is 0 Å². The summed E-state index contributed by atoms with van der Waals surface area (Å²) in [6, 6.07) is 5.47. The Kier molecular flexibility index (Phi) is 6.56. The summed E-state index contributed by atoms with van der Waals surface area (Å²) in [6.07, 6.45) is 1.81. The van der Waals surface area contributed by atoms with E-state index in [1.807, 2.05) is 20.0 Å². The van der Waals surface area contributed by atoms with E-state index < -0.39 is 10.0 Å². The molecule has 1 aromatic carbocycles. The Balaban J connectivity index is 0.00000208. The van der Waals surface area contributed by atoms with Crippen molar-refractivity contribution < 1.29 is 8.42 Å². The molecule has 1 saturated heterocycles. The van der Waals surface area contributed by atoms with Gasteiger partial charge in [0, 0.05) is 33.1 Å². The Hall–Kier alpha value is -0.370. The van der Waals surface area contributed by atoms with E-state index in [9.17, 15) is 8.42 Å². The summed E-state index contributed by atoms with van der Waals surface area (Å²) in [5, 5.41) is 4.49. The summed E-state index contributed by atoms with van der Waals surface area (Å²) in [7, 11) is -1.53. The smallest absolute Gasteiger partial charge is 0.244 e. The molecule has 0 amide bonds. The standard InChI is InChI=1S/C16H21ClN2O2S2.ClH/c1-11-16(14-9-13(17)3-4-15(14)22-11)23(20,21)19-7-5-12(6-8-19)10-18-2;/h3-4,9,12,18H,5-8,10H2,1-2H3;1H. The molecule has 2 heterocycles. The summed E-state index contributed by atoms with van der Waals surface area (Å²) >= 11 is 7.59. The fourth-order valence-corrected chi connectivity index (χ4v) is 6.64. The Bertz CT molecular complexity index is 813. The molecule has 8 heteroatoms. The number of aryl methyl sites for hydroxylation is 1. The summed E-state index contributed by atoms with van der Waals surface area (Å²) in [5.74, 6) is 0.557. The van der Waals surface area contributed by atoms with E-state index in [2.05, 4.69) is 5.32 Å². The van der Waals surface area contributed by atoms with Gasteiger partial charge in [0.2, 0.25) is 10.0 Å². The second kappa shape index (κ2) is 7.89. The lowest BCUT2D eigenvalue weighted by Crippen LogP contribution is -2.40. The van der Waals surface area contributed by atoms with Crippen LogP contribution in [0.15, 0.2) is 23.1 Å². The third kappa shape index (κ3) is 3.74. The van der Waals surface area contributed by atoms with Gasteiger partial charge in [-0.15, -0.1) is 23.7 Å². The quantitative estimate of drug-likeness (QED) is 0.833. The van der Waals surface area contributed by atoms with E-state index in [0.717, 1.165) is 34.3 Å². The van der Waals surface area contributed by atoms with Gasteiger partial charge in [0.15, 0.2) is 0 Å². The van der Waals surface area contributed by atoms with Crippen LogP contribution in [0.1, 0.15) is 17.7 Å². The van der Waals surface area contributed by atoms with E-state index in [-0.39, 0.29) is 12.4 Å². The first-order valence-electron chi connectivity index (χ1n) is 7.77. The molecule has 24 heavy (non-hydrogen) atoms. The predicted molar refractivity (Wildman–Crippen MR) is 104 cm³/mol. The molecule has 0 unspecified atom stereocenters. The number of halogens is 2. The van der Waals surface area contributed by atoms with Crippen LogP contribution in [0.25, 0.3) is 10.1 Å². The van der Waals surface area contributed by atoms with Crippen LogP contribution >= 0.6 is 35.3 Å². The molecule has 2 aromatic rings. The van der Waals surface area contributed by atoms with Gasteiger partial charge >= 0.3 is 0 Å². The maximum atomic E-state index is 13.1. The maximum absolute atomic E-state index is 13.1. The molecule has 0 radical (unpaired) electrons. The monoisotopic (exact) mass is 408 g/mol. The average molecular weight is 409 g/mol. The number of nitrogens with zero attached hydrogens (tertiary/aromatic N) is 1. The van der Waals surface area contributed by atoms with Crippen molar-refractivity contribution in [2.45, 2.75) is 24.7 Å². The number of piperidine rings is 1. The zero-order valence-electron chi connectivity index (χ0n) is 13.7. The van der Waals surface area contributed by atoms with Crippen LogP contribution in [0.3, 0.4) is 0 Å². The van der Waals surface area contributed by atoms with Gasteiger partial charge in [0.1, 0.15) is 4.90 Å². The number of fused-ring (bicyclic) bond motifs is 1. The third-order valence-electron chi connectivity index (χ3n) is 4.43. The van der Waals surface area contributed by atoms with Crippen molar-refractivity contribution in [2.24, 2.45) is 5.92 Å². The van der Waals surface area contributed by atoms with Crippen molar-refractivity contribution in [3.63, 3.8) is 0 Å². The highest BCUT2D eigenvalue weighted by Gasteiger charge is 2.32. The van der Waals surface area contributed by atoms with E-state index in [1.54, 1.807) is 16.4 Å². The van der Waals surface area contributed by atoms with Gasteiger partial charge < -0.3 is 5.32 Å². The number of benzene rings is 1. The molecule has 1 N–H and O–H groups in total. The Labute approximate surface area is 158 Å². The number of hydrogen-bond acceptors (Lipinski definition) is 4. The topological polar surface area (TPSA) is 49.4 Å². The first kappa shape index (κ1) is 19.9. The first-order chi connectivity index (χ1) is 10.9. The molecule has 4 nitrogen and oxygen atoms in total. The van der Waals surface area contributed by atoms with Crippen molar-refractivity contribution in [3.05, 3.63) is 28.1 Å². The highest BCUT2D eigenvalue weighted by Crippen LogP contribution is 2.38. The first-order valence-corrected chi connectivity index (χ1v) is 10.4. The predicted octanol–water partition coefficient (Wildman–Crippen LogP) is 3.91. The van der Waals surface area contributed by atoms with E-state index in [4.69, 9.17) is 11.6 Å². The number of nitrogens with one attached hydrogen (secondary N) is 1. The van der Waals surface area contributed by atoms with Gasteiger partial charge in [-0.1, -0.05) is 11.6 Å². The lowest BCUT2D eigenvalue weighted by molar-refractivity contribution is 0.271. The van der Waals surface area contributed by atoms with E-state index in [1.165, 1.54) is 11.3 Å². The molecule has 0 spiro atoms. The average Bonchev–Trinajstić information content (AvgIpc) is 2.84. The third-order valence-corrected chi connectivity index (χ3v) is 7.97. The molecule has 0 bridgehead atoms. The molecule has 134 valence electrons. The van der Waals surface area contributed by atoms with Crippen molar-refractivity contribution in [3.8, 4) is 0 Å². The molecule has 0 aliphatic carbocycles. The van der Waals surface area contributed by atoms with Crippen molar-refractivity contribution in [1.82, 2.24) is 9.62 Å². The Morgan fingerprint density at radius 1 is 1.33 bits per heavy atom. The Morgan fingerprint density at radius 2 is 2.00 bits per heavy atom. The van der Waals surface area contributed by atoms with E-state index in [0.29, 0.717) is 28.9 Å². The minimum Gasteiger partial charge on any atom is -0.319 e. The molecule has 1 aliphatic heterocycles. The van der Waals surface area contributed by atoms with Gasteiger partial charge in [-0.2, -0.15) is 4.31 Å². The van der Waals surface area contributed by atoms with Gasteiger partial charge in [-0.25, -0.2) is 8.42 Å². The summed E-state index contributed by atoms with van der Waals surface area (Å²) in [4.78, 5) is 1.27. The van der Waals surface area contributed by atoms with Crippen molar-refractivity contribution >= 4 is 55.5 Å². The highest BCUT2D eigenvalue weighted by molar-refractivity contribution is 7.89. The minimum atomic E-state index is -3.47. The van der Waals surface area contributed by atoms with Crippen LogP contribution in [0, 0.1) is 12.8 Å². The number of rotatable bonds is 4. The van der Waals surface area contributed by atoms with Crippen LogP contribution in [0.2, 0.25) is 5.02 Å².